The SMILES string of the molecule is CCCn1nc(C(=O)N[C@H](C)c2ccc(C)o2)ccc1=O. The molecule has 2 heterocycles. The highest BCUT2D eigenvalue weighted by Gasteiger charge is 2.15. The third-order valence-electron chi connectivity index (χ3n) is 3.07. The van der Waals surface area contributed by atoms with Crippen LogP contribution in [0, 0.1) is 6.92 Å². The number of hydrogen-bond acceptors (Lipinski definition) is 4. The molecular formula is C15H19N3O3. The smallest absolute Gasteiger partial charge is 0.272 e. The van der Waals surface area contributed by atoms with Crippen LogP contribution in [0.2, 0.25) is 0 Å². The first-order valence-corrected chi connectivity index (χ1v) is 6.96. The molecule has 6 heteroatoms. The summed E-state index contributed by atoms with van der Waals surface area (Å²) in [5, 5.41) is 6.88. The van der Waals surface area contributed by atoms with Crippen LogP contribution in [0.1, 0.15) is 48.3 Å². The Bertz CT molecular complexity index is 687. The number of hydrogen-bond donors (Lipinski definition) is 1. The number of aromatic nitrogens is 2. The lowest BCUT2D eigenvalue weighted by Crippen LogP contribution is -2.31. The molecule has 2 aromatic heterocycles. The van der Waals surface area contributed by atoms with E-state index in [4.69, 9.17) is 4.42 Å². The molecule has 1 N–H and O–H groups in total. The summed E-state index contributed by atoms with van der Waals surface area (Å²) >= 11 is 0. The van der Waals surface area contributed by atoms with Gasteiger partial charge >= 0.3 is 0 Å². The number of nitrogens with one attached hydrogen (secondary N) is 1. The van der Waals surface area contributed by atoms with Crippen LogP contribution in [0.4, 0.5) is 0 Å². The molecule has 1 amide bonds. The van der Waals surface area contributed by atoms with Gasteiger partial charge < -0.3 is 9.73 Å². The molecule has 0 aromatic carbocycles. The van der Waals surface area contributed by atoms with Gasteiger partial charge in [0.25, 0.3) is 11.5 Å². The average Bonchev–Trinajstić information content (AvgIpc) is 2.88. The van der Waals surface area contributed by atoms with Crippen LogP contribution in [0.25, 0.3) is 0 Å². The third-order valence-corrected chi connectivity index (χ3v) is 3.07. The van der Waals surface area contributed by atoms with Gasteiger partial charge in [0.1, 0.15) is 17.2 Å². The van der Waals surface area contributed by atoms with Gasteiger partial charge in [-0.1, -0.05) is 6.92 Å². The van der Waals surface area contributed by atoms with Crippen molar-refractivity contribution >= 4 is 5.91 Å². The highest BCUT2D eigenvalue weighted by Crippen LogP contribution is 2.15. The molecular weight excluding hydrogens is 270 g/mol. The summed E-state index contributed by atoms with van der Waals surface area (Å²) in [4.78, 5) is 23.8. The number of aryl methyl sites for hydroxylation is 2. The maximum Gasteiger partial charge on any atom is 0.272 e. The topological polar surface area (TPSA) is 77.1 Å². The monoisotopic (exact) mass is 289 g/mol. The zero-order valence-electron chi connectivity index (χ0n) is 12.4. The van der Waals surface area contributed by atoms with Crippen molar-refractivity contribution in [3.8, 4) is 0 Å². The Kier molecular flexibility index (Phi) is 4.57. The van der Waals surface area contributed by atoms with Gasteiger partial charge in [-0.05, 0) is 38.5 Å². The minimum atomic E-state index is -0.332. The molecule has 0 unspecified atom stereocenters. The fraction of sp³-hybridized carbons (Fsp3) is 0.400. The minimum absolute atomic E-state index is 0.205. The first-order valence-electron chi connectivity index (χ1n) is 6.96. The zero-order chi connectivity index (χ0) is 15.4. The Morgan fingerprint density at radius 1 is 1.38 bits per heavy atom. The summed E-state index contributed by atoms with van der Waals surface area (Å²) in [7, 11) is 0. The normalized spacial score (nSPS) is 12.1. The molecule has 0 saturated heterocycles. The van der Waals surface area contributed by atoms with E-state index < -0.39 is 0 Å². The van der Waals surface area contributed by atoms with Crippen LogP contribution < -0.4 is 10.9 Å². The molecule has 0 bridgehead atoms. The molecule has 2 aromatic rings. The van der Waals surface area contributed by atoms with E-state index in [2.05, 4.69) is 10.4 Å². The van der Waals surface area contributed by atoms with Crippen molar-refractivity contribution < 1.29 is 9.21 Å². The maximum atomic E-state index is 12.2. The molecule has 2 rings (SSSR count). The van der Waals surface area contributed by atoms with Crippen LogP contribution in [0.3, 0.4) is 0 Å². The van der Waals surface area contributed by atoms with E-state index in [1.54, 1.807) is 0 Å². The third kappa shape index (κ3) is 3.59. The quantitative estimate of drug-likeness (QED) is 0.913. The van der Waals surface area contributed by atoms with Gasteiger partial charge in [0.2, 0.25) is 0 Å². The maximum absolute atomic E-state index is 12.2. The van der Waals surface area contributed by atoms with E-state index in [1.165, 1.54) is 16.8 Å². The number of amides is 1. The summed E-state index contributed by atoms with van der Waals surface area (Å²) in [5.41, 5.74) is 0.0151. The highest BCUT2D eigenvalue weighted by atomic mass is 16.3. The molecule has 6 nitrogen and oxygen atoms in total. The Morgan fingerprint density at radius 3 is 2.76 bits per heavy atom. The second kappa shape index (κ2) is 6.39. The van der Waals surface area contributed by atoms with Crippen molar-refractivity contribution in [3.05, 3.63) is 51.8 Å². The predicted molar refractivity (Wildman–Crippen MR) is 78.1 cm³/mol. The molecule has 1 atom stereocenters. The molecule has 0 aliphatic heterocycles. The summed E-state index contributed by atoms with van der Waals surface area (Å²) in [6, 6.07) is 6.20. The molecule has 21 heavy (non-hydrogen) atoms. The molecule has 0 spiro atoms. The fourth-order valence-corrected chi connectivity index (χ4v) is 1.97. The Hall–Kier alpha value is -2.37. The molecule has 0 fully saturated rings. The van der Waals surface area contributed by atoms with Crippen molar-refractivity contribution in [1.29, 1.82) is 0 Å². The van der Waals surface area contributed by atoms with Crippen LogP contribution in [0.5, 0.6) is 0 Å². The number of rotatable bonds is 5. The Balaban J connectivity index is 2.13. The zero-order valence-corrected chi connectivity index (χ0v) is 12.4. The number of carbonyl (C=O) groups is 1. The van der Waals surface area contributed by atoms with Gasteiger partial charge in [-0.25, -0.2) is 4.68 Å². The predicted octanol–water partition coefficient (Wildman–Crippen LogP) is 2.05. The number of carbonyl (C=O) groups excluding carboxylic acids is 1. The number of nitrogens with zero attached hydrogens (tertiary/aromatic N) is 2. The van der Waals surface area contributed by atoms with Crippen LogP contribution in [0.15, 0.2) is 33.5 Å². The van der Waals surface area contributed by atoms with E-state index in [0.29, 0.717) is 12.3 Å². The van der Waals surface area contributed by atoms with Crippen LogP contribution in [-0.4, -0.2) is 15.7 Å². The molecule has 112 valence electrons. The molecule has 0 aliphatic rings. The first kappa shape index (κ1) is 15.0. The van der Waals surface area contributed by atoms with E-state index in [-0.39, 0.29) is 23.2 Å². The van der Waals surface area contributed by atoms with Crippen molar-refractivity contribution in [2.75, 3.05) is 0 Å². The van der Waals surface area contributed by atoms with Gasteiger partial charge in [0, 0.05) is 12.6 Å². The van der Waals surface area contributed by atoms with E-state index in [1.807, 2.05) is 32.9 Å². The number of furan rings is 1. The lowest BCUT2D eigenvalue weighted by molar-refractivity contribution is 0.0927. The van der Waals surface area contributed by atoms with Gasteiger partial charge in [0.15, 0.2) is 0 Å². The van der Waals surface area contributed by atoms with E-state index >= 15 is 0 Å². The largest absolute Gasteiger partial charge is 0.464 e. The van der Waals surface area contributed by atoms with Gasteiger partial charge in [-0.2, -0.15) is 5.10 Å². The van der Waals surface area contributed by atoms with Gasteiger partial charge in [0.05, 0.1) is 6.04 Å². The fourth-order valence-electron chi connectivity index (χ4n) is 1.97. The Labute approximate surface area is 122 Å². The second-order valence-corrected chi connectivity index (χ2v) is 4.92. The average molecular weight is 289 g/mol. The minimum Gasteiger partial charge on any atom is -0.464 e. The molecule has 0 aliphatic carbocycles. The van der Waals surface area contributed by atoms with Crippen molar-refractivity contribution in [2.24, 2.45) is 0 Å². The van der Waals surface area contributed by atoms with Crippen LogP contribution >= 0.6 is 0 Å². The highest BCUT2D eigenvalue weighted by molar-refractivity contribution is 5.92. The summed E-state index contributed by atoms with van der Waals surface area (Å²) in [5.74, 6) is 1.14. The second-order valence-electron chi connectivity index (χ2n) is 4.92. The molecule has 0 radical (unpaired) electrons. The van der Waals surface area contributed by atoms with Gasteiger partial charge in [-0.15, -0.1) is 0 Å². The van der Waals surface area contributed by atoms with Crippen LogP contribution in [-0.2, 0) is 6.54 Å². The summed E-state index contributed by atoms with van der Waals surface area (Å²) in [6.45, 7) is 6.12. The summed E-state index contributed by atoms with van der Waals surface area (Å²) in [6.07, 6.45) is 0.778. The standard InChI is InChI=1S/C15H19N3O3/c1-4-9-18-14(19)8-6-12(17-18)15(20)16-11(3)13-7-5-10(2)21-13/h5-8,11H,4,9H2,1-3H3,(H,16,20)/t11-/m1/s1. The van der Waals surface area contributed by atoms with Crippen molar-refractivity contribution in [3.63, 3.8) is 0 Å². The first-order chi connectivity index (χ1) is 10.0. The van der Waals surface area contributed by atoms with Gasteiger partial charge in [-0.3, -0.25) is 9.59 Å². The lowest BCUT2D eigenvalue weighted by atomic mass is 10.2. The van der Waals surface area contributed by atoms with Crippen molar-refractivity contribution in [1.82, 2.24) is 15.1 Å². The Morgan fingerprint density at radius 2 is 2.14 bits per heavy atom. The summed E-state index contributed by atoms with van der Waals surface area (Å²) < 4.78 is 6.78. The van der Waals surface area contributed by atoms with E-state index in [0.717, 1.165) is 12.2 Å². The van der Waals surface area contributed by atoms with Crippen molar-refractivity contribution in [2.45, 2.75) is 39.8 Å². The lowest BCUT2D eigenvalue weighted by Gasteiger charge is -2.11. The van der Waals surface area contributed by atoms with E-state index in [9.17, 15) is 9.59 Å². The molecule has 0 saturated carbocycles.